The molecule has 2 rings (SSSR count). The van der Waals surface area contributed by atoms with Gasteiger partial charge >= 0.3 is 0 Å². The van der Waals surface area contributed by atoms with Gasteiger partial charge in [-0.15, -0.1) is 0 Å². The molecule has 2 aromatic carbocycles. The van der Waals surface area contributed by atoms with E-state index in [1.54, 1.807) is 24.3 Å². The zero-order chi connectivity index (χ0) is 17.0. The molecule has 0 saturated carbocycles. The maximum atomic E-state index is 12.6. The fourth-order valence-electron chi connectivity index (χ4n) is 2.33. The first-order valence-corrected chi connectivity index (χ1v) is 9.11. The van der Waals surface area contributed by atoms with Crippen LogP contribution in [0.15, 0.2) is 59.5 Å². The van der Waals surface area contributed by atoms with Crippen molar-refractivity contribution in [3.05, 3.63) is 65.7 Å². The summed E-state index contributed by atoms with van der Waals surface area (Å²) >= 11 is 0. The van der Waals surface area contributed by atoms with E-state index in [1.807, 2.05) is 51.1 Å². The smallest absolute Gasteiger partial charge is 0.241 e. The zero-order valence-electron chi connectivity index (χ0n) is 13.6. The molecule has 0 aliphatic rings. The van der Waals surface area contributed by atoms with Crippen LogP contribution in [0.5, 0.6) is 0 Å². The van der Waals surface area contributed by atoms with E-state index in [1.165, 1.54) is 0 Å². The van der Waals surface area contributed by atoms with Crippen molar-refractivity contribution in [3.8, 4) is 0 Å². The third-order valence-electron chi connectivity index (χ3n) is 3.80. The van der Waals surface area contributed by atoms with Crippen molar-refractivity contribution in [1.29, 1.82) is 0 Å². The highest BCUT2D eigenvalue weighted by atomic mass is 32.2. The molecule has 2 atom stereocenters. The van der Waals surface area contributed by atoms with Gasteiger partial charge in [-0.25, -0.2) is 13.1 Å². The molecule has 0 aliphatic carbocycles. The minimum Gasteiger partial charge on any atom is -0.391 e. The van der Waals surface area contributed by atoms with E-state index >= 15 is 0 Å². The van der Waals surface area contributed by atoms with Gasteiger partial charge in [0.25, 0.3) is 0 Å². The number of hydrogen-bond acceptors (Lipinski definition) is 3. The lowest BCUT2D eigenvalue weighted by molar-refractivity contribution is 0.0917. The number of aliphatic hydroxyl groups is 1. The molecular formula is C18H23NO3S. The lowest BCUT2D eigenvalue weighted by Crippen LogP contribution is -2.38. The lowest BCUT2D eigenvalue weighted by atomic mass is 9.94. The molecule has 2 N–H and O–H groups in total. The minimum absolute atomic E-state index is 0.0825. The van der Waals surface area contributed by atoms with Crippen LogP contribution in [0.2, 0.25) is 0 Å². The maximum absolute atomic E-state index is 12.6. The summed E-state index contributed by atoms with van der Waals surface area (Å²) in [6.45, 7) is 5.63. The largest absolute Gasteiger partial charge is 0.391 e. The van der Waals surface area contributed by atoms with Crippen LogP contribution in [-0.2, 0) is 10.0 Å². The molecule has 2 aromatic rings. The number of hydrogen-bond donors (Lipinski definition) is 2. The fourth-order valence-corrected chi connectivity index (χ4v) is 3.57. The number of aliphatic hydroxyl groups excluding tert-OH is 1. The normalized spacial score (nSPS) is 14.7. The van der Waals surface area contributed by atoms with E-state index in [9.17, 15) is 13.5 Å². The van der Waals surface area contributed by atoms with Gasteiger partial charge in [-0.05, 0) is 30.5 Å². The van der Waals surface area contributed by atoms with Crippen LogP contribution < -0.4 is 4.72 Å². The number of nitrogens with one attached hydrogen (secondary N) is 1. The average Bonchev–Trinajstić information content (AvgIpc) is 2.53. The molecule has 0 fully saturated rings. The Morgan fingerprint density at radius 1 is 0.957 bits per heavy atom. The minimum atomic E-state index is -3.71. The molecule has 0 aliphatic heterocycles. The number of benzene rings is 2. The maximum Gasteiger partial charge on any atom is 0.241 e. The van der Waals surface area contributed by atoms with Crippen molar-refractivity contribution >= 4 is 10.0 Å². The monoisotopic (exact) mass is 333 g/mol. The Kier molecular flexibility index (Phi) is 5.57. The highest BCUT2D eigenvalue weighted by Gasteiger charge is 2.29. The standard InChI is InChI=1S/C18H23NO3S/c1-13(2)18(20)17(15-7-5-4-6-8-15)19-23(21,22)16-11-9-14(3)10-12-16/h4-13,17-20H,1-3H3/t17-,18-/m0/s1. The van der Waals surface area contributed by atoms with Crippen LogP contribution in [-0.4, -0.2) is 19.6 Å². The van der Waals surface area contributed by atoms with Crippen LogP contribution >= 0.6 is 0 Å². The van der Waals surface area contributed by atoms with E-state index in [2.05, 4.69) is 4.72 Å². The Bertz CT molecular complexity index is 725. The first-order chi connectivity index (χ1) is 10.8. The highest BCUT2D eigenvalue weighted by molar-refractivity contribution is 7.89. The topological polar surface area (TPSA) is 66.4 Å². The van der Waals surface area contributed by atoms with Crippen molar-refractivity contribution < 1.29 is 13.5 Å². The summed E-state index contributed by atoms with van der Waals surface area (Å²) in [7, 11) is -3.71. The van der Waals surface area contributed by atoms with Gasteiger partial charge in [-0.3, -0.25) is 0 Å². The first kappa shape index (κ1) is 17.7. The van der Waals surface area contributed by atoms with Crippen LogP contribution in [0.25, 0.3) is 0 Å². The second-order valence-corrected chi connectivity index (χ2v) is 7.77. The molecule has 0 bridgehead atoms. The van der Waals surface area contributed by atoms with Gasteiger partial charge in [-0.1, -0.05) is 61.9 Å². The third kappa shape index (κ3) is 4.41. The molecule has 0 aromatic heterocycles. The van der Waals surface area contributed by atoms with Gasteiger partial charge in [0.05, 0.1) is 17.0 Å². The summed E-state index contributed by atoms with van der Waals surface area (Å²) in [5.41, 5.74) is 1.73. The van der Waals surface area contributed by atoms with Gasteiger partial charge in [0.15, 0.2) is 0 Å². The quantitative estimate of drug-likeness (QED) is 0.854. The second-order valence-electron chi connectivity index (χ2n) is 6.06. The van der Waals surface area contributed by atoms with E-state index < -0.39 is 22.2 Å². The van der Waals surface area contributed by atoms with Crippen molar-refractivity contribution in [2.75, 3.05) is 0 Å². The van der Waals surface area contributed by atoms with Gasteiger partial charge in [0.2, 0.25) is 10.0 Å². The van der Waals surface area contributed by atoms with E-state index in [4.69, 9.17) is 0 Å². The van der Waals surface area contributed by atoms with Crippen molar-refractivity contribution in [1.82, 2.24) is 4.72 Å². The average molecular weight is 333 g/mol. The van der Waals surface area contributed by atoms with Crippen LogP contribution in [0.3, 0.4) is 0 Å². The van der Waals surface area contributed by atoms with Gasteiger partial charge in [0, 0.05) is 0 Å². The molecule has 0 heterocycles. The van der Waals surface area contributed by atoms with Gasteiger partial charge < -0.3 is 5.11 Å². The van der Waals surface area contributed by atoms with Crippen molar-refractivity contribution in [2.24, 2.45) is 5.92 Å². The summed E-state index contributed by atoms with van der Waals surface area (Å²) in [5, 5.41) is 10.5. The Labute approximate surface area is 138 Å². The third-order valence-corrected chi connectivity index (χ3v) is 5.25. The molecule has 23 heavy (non-hydrogen) atoms. The van der Waals surface area contributed by atoms with E-state index in [0.29, 0.717) is 0 Å². The van der Waals surface area contributed by atoms with E-state index in [0.717, 1.165) is 11.1 Å². The fraction of sp³-hybridized carbons (Fsp3) is 0.333. The Morgan fingerprint density at radius 3 is 2.04 bits per heavy atom. The Morgan fingerprint density at radius 2 is 1.52 bits per heavy atom. The molecule has 0 unspecified atom stereocenters. The summed E-state index contributed by atoms with van der Waals surface area (Å²) in [6.07, 6.45) is -0.822. The molecule has 124 valence electrons. The lowest BCUT2D eigenvalue weighted by Gasteiger charge is -2.27. The molecule has 0 spiro atoms. The summed E-state index contributed by atoms with van der Waals surface area (Å²) in [4.78, 5) is 0.194. The second kappa shape index (κ2) is 7.25. The molecule has 0 saturated heterocycles. The number of sulfonamides is 1. The van der Waals surface area contributed by atoms with Gasteiger partial charge in [-0.2, -0.15) is 0 Å². The van der Waals surface area contributed by atoms with Crippen LogP contribution in [0.1, 0.15) is 31.0 Å². The summed E-state index contributed by atoms with van der Waals surface area (Å²) < 4.78 is 27.9. The zero-order valence-corrected chi connectivity index (χ0v) is 14.4. The summed E-state index contributed by atoms with van der Waals surface area (Å²) in [5.74, 6) is -0.0825. The predicted molar refractivity (Wildman–Crippen MR) is 91.5 cm³/mol. The SMILES string of the molecule is Cc1ccc(S(=O)(=O)N[C@@H](c2ccccc2)[C@@H](O)C(C)C)cc1. The van der Waals surface area contributed by atoms with Crippen LogP contribution in [0, 0.1) is 12.8 Å². The number of aryl methyl sites for hydroxylation is 1. The molecule has 0 amide bonds. The number of rotatable bonds is 6. The predicted octanol–water partition coefficient (Wildman–Crippen LogP) is 3.03. The first-order valence-electron chi connectivity index (χ1n) is 7.63. The van der Waals surface area contributed by atoms with Crippen LogP contribution in [0.4, 0.5) is 0 Å². The molecule has 0 radical (unpaired) electrons. The molecular weight excluding hydrogens is 310 g/mol. The highest BCUT2D eigenvalue weighted by Crippen LogP contribution is 2.24. The Balaban J connectivity index is 2.35. The summed E-state index contributed by atoms with van der Waals surface area (Å²) in [6, 6.07) is 15.1. The van der Waals surface area contributed by atoms with Gasteiger partial charge in [0.1, 0.15) is 0 Å². The van der Waals surface area contributed by atoms with Crippen molar-refractivity contribution in [3.63, 3.8) is 0 Å². The van der Waals surface area contributed by atoms with E-state index in [-0.39, 0.29) is 10.8 Å². The van der Waals surface area contributed by atoms with Crippen molar-refractivity contribution in [2.45, 2.75) is 37.8 Å². The Hall–Kier alpha value is -1.69. The molecule has 5 heteroatoms. The molecule has 4 nitrogen and oxygen atoms in total.